The third kappa shape index (κ3) is 3.65. The number of hydrogen-bond donors (Lipinski definition) is 0. The van der Waals surface area contributed by atoms with E-state index in [-0.39, 0.29) is 11.3 Å². The molecule has 0 N–H and O–H groups in total. The van der Waals surface area contributed by atoms with Crippen LogP contribution in [-0.2, 0) is 0 Å². The van der Waals surface area contributed by atoms with Gasteiger partial charge in [0.2, 0.25) is 0 Å². The van der Waals surface area contributed by atoms with Gasteiger partial charge in [-0.25, -0.2) is 0 Å². The van der Waals surface area contributed by atoms with Gasteiger partial charge in [-0.05, 0) is 29.3 Å². The van der Waals surface area contributed by atoms with Gasteiger partial charge >= 0.3 is 0 Å². The SMILES string of the molecule is O=C([O-])c1ccc(/C=C/C(=O)c2cccc(Br)c2)cc1. The molecule has 100 valence electrons. The summed E-state index contributed by atoms with van der Waals surface area (Å²) < 4.78 is 0.843. The minimum Gasteiger partial charge on any atom is -0.545 e. The summed E-state index contributed by atoms with van der Waals surface area (Å²) >= 11 is 3.31. The minimum atomic E-state index is -1.22. The maximum absolute atomic E-state index is 11.9. The van der Waals surface area contributed by atoms with Crippen molar-refractivity contribution in [3.63, 3.8) is 0 Å². The Morgan fingerprint density at radius 2 is 1.70 bits per heavy atom. The molecule has 2 aromatic rings. The van der Waals surface area contributed by atoms with Crippen LogP contribution in [0.3, 0.4) is 0 Å². The van der Waals surface area contributed by atoms with Crippen LogP contribution in [0.2, 0.25) is 0 Å². The number of allylic oxidation sites excluding steroid dienone is 1. The molecular weight excluding hydrogens is 320 g/mol. The summed E-state index contributed by atoms with van der Waals surface area (Å²) in [6, 6.07) is 13.2. The van der Waals surface area contributed by atoms with Gasteiger partial charge < -0.3 is 9.90 Å². The Bertz CT molecular complexity index is 672. The second-order valence-corrected chi connectivity index (χ2v) is 5.03. The van der Waals surface area contributed by atoms with Crippen molar-refractivity contribution in [1.82, 2.24) is 0 Å². The van der Waals surface area contributed by atoms with Gasteiger partial charge in [-0.1, -0.05) is 58.4 Å². The van der Waals surface area contributed by atoms with Crippen LogP contribution in [0.5, 0.6) is 0 Å². The van der Waals surface area contributed by atoms with E-state index in [2.05, 4.69) is 15.9 Å². The van der Waals surface area contributed by atoms with Crippen LogP contribution < -0.4 is 5.11 Å². The first-order valence-electron chi connectivity index (χ1n) is 5.85. The fourth-order valence-corrected chi connectivity index (χ4v) is 2.04. The van der Waals surface area contributed by atoms with Gasteiger partial charge in [-0.2, -0.15) is 0 Å². The lowest BCUT2D eigenvalue weighted by Gasteiger charge is -2.01. The topological polar surface area (TPSA) is 57.2 Å². The highest BCUT2D eigenvalue weighted by Crippen LogP contribution is 2.13. The molecule has 0 spiro atoms. The highest BCUT2D eigenvalue weighted by molar-refractivity contribution is 9.10. The maximum atomic E-state index is 11.9. The van der Waals surface area contributed by atoms with Gasteiger partial charge in [-0.3, -0.25) is 4.79 Å². The molecule has 0 atom stereocenters. The average molecular weight is 330 g/mol. The van der Waals surface area contributed by atoms with Gasteiger partial charge in [0.1, 0.15) is 0 Å². The molecule has 0 aliphatic carbocycles. The lowest BCUT2D eigenvalue weighted by Crippen LogP contribution is -2.21. The second-order valence-electron chi connectivity index (χ2n) is 4.12. The van der Waals surface area contributed by atoms with Crippen molar-refractivity contribution in [2.45, 2.75) is 0 Å². The van der Waals surface area contributed by atoms with Crippen LogP contribution in [0.15, 0.2) is 59.1 Å². The molecule has 20 heavy (non-hydrogen) atoms. The molecule has 0 heterocycles. The van der Waals surface area contributed by atoms with E-state index in [1.165, 1.54) is 18.2 Å². The molecule has 0 saturated heterocycles. The van der Waals surface area contributed by atoms with Crippen LogP contribution in [0.1, 0.15) is 26.3 Å². The molecule has 0 aromatic heterocycles. The molecule has 4 heteroatoms. The van der Waals surface area contributed by atoms with E-state index in [0.29, 0.717) is 5.56 Å². The van der Waals surface area contributed by atoms with E-state index in [1.807, 2.05) is 6.07 Å². The standard InChI is InChI=1S/C16H11BrO3/c17-14-3-1-2-13(10-14)15(18)9-6-11-4-7-12(8-5-11)16(19)20/h1-10H,(H,19,20)/p-1/b9-6+. The number of hydrogen-bond acceptors (Lipinski definition) is 3. The van der Waals surface area contributed by atoms with Crippen molar-refractivity contribution in [2.24, 2.45) is 0 Å². The summed E-state index contributed by atoms with van der Waals surface area (Å²) in [4.78, 5) is 22.5. The quantitative estimate of drug-likeness (QED) is 0.640. The highest BCUT2D eigenvalue weighted by Gasteiger charge is 2.01. The Hall–Kier alpha value is -2.20. The van der Waals surface area contributed by atoms with E-state index >= 15 is 0 Å². The number of rotatable bonds is 4. The van der Waals surface area contributed by atoms with Crippen LogP contribution in [0.4, 0.5) is 0 Å². The molecule has 0 unspecified atom stereocenters. The van der Waals surface area contributed by atoms with E-state index < -0.39 is 5.97 Å². The molecule has 0 aliphatic heterocycles. The first-order valence-corrected chi connectivity index (χ1v) is 6.65. The van der Waals surface area contributed by atoms with E-state index in [4.69, 9.17) is 0 Å². The summed E-state index contributed by atoms with van der Waals surface area (Å²) in [5.41, 5.74) is 1.45. The highest BCUT2D eigenvalue weighted by atomic mass is 79.9. The number of ketones is 1. The van der Waals surface area contributed by atoms with Crippen molar-refractivity contribution in [2.75, 3.05) is 0 Å². The largest absolute Gasteiger partial charge is 0.545 e. The lowest BCUT2D eigenvalue weighted by molar-refractivity contribution is -0.255. The smallest absolute Gasteiger partial charge is 0.185 e. The number of halogens is 1. The molecule has 2 aromatic carbocycles. The maximum Gasteiger partial charge on any atom is 0.185 e. The fraction of sp³-hybridized carbons (Fsp3) is 0. The molecule has 0 aliphatic rings. The molecule has 3 nitrogen and oxygen atoms in total. The van der Waals surface area contributed by atoms with Gasteiger partial charge in [0.25, 0.3) is 0 Å². The molecule has 0 amide bonds. The zero-order chi connectivity index (χ0) is 14.5. The van der Waals surface area contributed by atoms with Crippen molar-refractivity contribution >= 4 is 33.8 Å². The first-order chi connectivity index (χ1) is 9.56. The molecule has 0 saturated carbocycles. The van der Waals surface area contributed by atoms with Gasteiger partial charge in [0.05, 0.1) is 5.97 Å². The van der Waals surface area contributed by atoms with Crippen molar-refractivity contribution < 1.29 is 14.7 Å². The third-order valence-electron chi connectivity index (χ3n) is 2.68. The zero-order valence-corrected chi connectivity index (χ0v) is 12.0. The number of carboxylic acids is 1. The number of carbonyl (C=O) groups is 2. The Balaban J connectivity index is 2.13. The number of aromatic carboxylic acids is 1. The Morgan fingerprint density at radius 3 is 2.30 bits per heavy atom. The summed E-state index contributed by atoms with van der Waals surface area (Å²) in [5, 5.41) is 10.6. The number of carbonyl (C=O) groups excluding carboxylic acids is 2. The molecular formula is C16H10BrO3-. The predicted molar refractivity (Wildman–Crippen MR) is 78.3 cm³/mol. The first kappa shape index (κ1) is 14.2. The number of benzene rings is 2. The monoisotopic (exact) mass is 329 g/mol. The Kier molecular flexibility index (Phi) is 4.48. The lowest BCUT2D eigenvalue weighted by atomic mass is 10.1. The van der Waals surface area contributed by atoms with Crippen molar-refractivity contribution in [3.8, 4) is 0 Å². The van der Waals surface area contributed by atoms with Crippen LogP contribution >= 0.6 is 15.9 Å². The summed E-state index contributed by atoms with van der Waals surface area (Å²) in [6.07, 6.45) is 3.10. The molecule has 2 rings (SSSR count). The van der Waals surface area contributed by atoms with Crippen LogP contribution in [-0.4, -0.2) is 11.8 Å². The van der Waals surface area contributed by atoms with Crippen LogP contribution in [0.25, 0.3) is 6.08 Å². The van der Waals surface area contributed by atoms with Crippen molar-refractivity contribution in [1.29, 1.82) is 0 Å². The predicted octanol–water partition coefficient (Wildman–Crippen LogP) is 2.71. The minimum absolute atomic E-state index is 0.112. The fourth-order valence-electron chi connectivity index (χ4n) is 1.64. The van der Waals surface area contributed by atoms with Gasteiger partial charge in [0, 0.05) is 10.0 Å². The molecule has 0 bridgehead atoms. The Labute approximate surface area is 124 Å². The van der Waals surface area contributed by atoms with Crippen molar-refractivity contribution in [3.05, 3.63) is 75.8 Å². The Morgan fingerprint density at radius 1 is 1.00 bits per heavy atom. The van der Waals surface area contributed by atoms with E-state index in [0.717, 1.165) is 10.0 Å². The summed E-state index contributed by atoms with van der Waals surface area (Å²) in [5.74, 6) is -1.33. The third-order valence-corrected chi connectivity index (χ3v) is 3.18. The summed E-state index contributed by atoms with van der Waals surface area (Å²) in [7, 11) is 0. The van der Waals surface area contributed by atoms with E-state index in [1.54, 1.807) is 36.4 Å². The number of carboxylic acid groups (broad SMARTS) is 1. The van der Waals surface area contributed by atoms with Gasteiger partial charge in [0.15, 0.2) is 5.78 Å². The normalized spacial score (nSPS) is 10.7. The average Bonchev–Trinajstić information content (AvgIpc) is 2.45. The van der Waals surface area contributed by atoms with Gasteiger partial charge in [-0.15, -0.1) is 0 Å². The molecule has 0 fully saturated rings. The second kappa shape index (κ2) is 6.30. The molecule has 0 radical (unpaired) electrons. The van der Waals surface area contributed by atoms with E-state index in [9.17, 15) is 14.7 Å². The van der Waals surface area contributed by atoms with Crippen LogP contribution in [0, 0.1) is 0 Å². The summed E-state index contributed by atoms with van der Waals surface area (Å²) in [6.45, 7) is 0. The zero-order valence-electron chi connectivity index (χ0n) is 10.4.